The number of hydrogen-bond acceptors (Lipinski definition) is 3. The van der Waals surface area contributed by atoms with Crippen molar-refractivity contribution < 1.29 is 9.53 Å². The molecule has 2 aromatic carbocycles. The van der Waals surface area contributed by atoms with Crippen molar-refractivity contribution in [3.63, 3.8) is 0 Å². The highest BCUT2D eigenvalue weighted by Crippen LogP contribution is 2.30. The molecule has 0 aliphatic rings. The van der Waals surface area contributed by atoms with Crippen LogP contribution in [0.2, 0.25) is 10.0 Å². The van der Waals surface area contributed by atoms with Crippen LogP contribution in [0.3, 0.4) is 0 Å². The summed E-state index contributed by atoms with van der Waals surface area (Å²) in [6, 6.07) is 12.7. The third kappa shape index (κ3) is 3.29. The van der Waals surface area contributed by atoms with Gasteiger partial charge in [0.25, 0.3) is 0 Å². The second kappa shape index (κ2) is 7.06. The van der Waals surface area contributed by atoms with Gasteiger partial charge in [0.1, 0.15) is 11.4 Å². The summed E-state index contributed by atoms with van der Waals surface area (Å²) >= 11 is 12.1. The summed E-state index contributed by atoms with van der Waals surface area (Å²) < 4.78 is 5.30. The summed E-state index contributed by atoms with van der Waals surface area (Å²) in [7, 11) is 1.62. The Kier molecular flexibility index (Phi) is 4.60. The van der Waals surface area contributed by atoms with Crippen molar-refractivity contribution in [2.45, 2.75) is 0 Å². The van der Waals surface area contributed by atoms with Gasteiger partial charge in [0.15, 0.2) is 0 Å². The summed E-state index contributed by atoms with van der Waals surface area (Å²) in [5, 5.41) is 2.96. The van der Waals surface area contributed by atoms with E-state index in [9.17, 15) is 4.79 Å². The maximum Gasteiger partial charge on any atom is 0.206 e. The van der Waals surface area contributed by atoms with Gasteiger partial charge in [-0.3, -0.25) is 9.78 Å². The molecule has 0 amide bonds. The van der Waals surface area contributed by atoms with E-state index < -0.39 is 0 Å². The number of rotatable bonds is 4. The van der Waals surface area contributed by atoms with Gasteiger partial charge in [0.05, 0.1) is 12.6 Å². The molecule has 0 bridgehead atoms. The molecule has 4 rings (SSSR count). The number of fused-ring (bicyclic) bond motifs is 3. The highest BCUT2D eigenvalue weighted by atomic mass is 35.5. The molecule has 0 saturated carbocycles. The third-order valence-corrected chi connectivity index (χ3v) is 4.91. The Morgan fingerprint density at radius 1 is 1.11 bits per heavy atom. The molecule has 134 valence electrons. The van der Waals surface area contributed by atoms with E-state index in [4.69, 9.17) is 27.9 Å². The van der Waals surface area contributed by atoms with Crippen molar-refractivity contribution in [3.05, 3.63) is 76.0 Å². The number of carbonyl (C=O) groups excluding carboxylic acids is 1. The molecule has 0 saturated heterocycles. The van der Waals surface area contributed by atoms with Crippen LogP contribution in [0.15, 0.2) is 54.7 Å². The Morgan fingerprint density at radius 2 is 1.96 bits per heavy atom. The van der Waals surface area contributed by atoms with E-state index in [0.717, 1.165) is 22.0 Å². The fourth-order valence-corrected chi connectivity index (χ4v) is 3.36. The molecule has 0 fully saturated rings. The van der Waals surface area contributed by atoms with Crippen molar-refractivity contribution in [2.75, 3.05) is 7.11 Å². The number of nitrogens with zero attached hydrogens (tertiary/aromatic N) is 1. The first-order valence-corrected chi connectivity index (χ1v) is 8.94. The lowest BCUT2D eigenvalue weighted by molar-refractivity contribution is 0.104. The smallest absolute Gasteiger partial charge is 0.206 e. The van der Waals surface area contributed by atoms with Crippen LogP contribution in [0.25, 0.3) is 27.9 Å². The molecule has 0 aliphatic carbocycles. The molecule has 0 aliphatic heterocycles. The minimum atomic E-state index is -0.227. The number of aromatic amines is 1. The van der Waals surface area contributed by atoms with Crippen molar-refractivity contribution in [3.8, 4) is 5.75 Å². The summed E-state index contributed by atoms with van der Waals surface area (Å²) in [5.74, 6) is 0.527. The number of allylic oxidation sites excluding steroid dienone is 1. The molecule has 0 radical (unpaired) electrons. The zero-order valence-corrected chi connectivity index (χ0v) is 15.8. The number of methoxy groups -OCH3 is 1. The van der Waals surface area contributed by atoms with Gasteiger partial charge in [-0.05, 0) is 60.2 Å². The van der Waals surface area contributed by atoms with E-state index in [1.54, 1.807) is 37.6 Å². The second-order valence-electron chi connectivity index (χ2n) is 5.98. The molecule has 0 spiro atoms. The second-order valence-corrected chi connectivity index (χ2v) is 6.83. The fraction of sp³-hybridized carbons (Fsp3) is 0.0476. The summed E-state index contributed by atoms with van der Waals surface area (Å²) in [5.41, 5.74) is 2.62. The SMILES string of the molecule is COc1ccc2[nH]c3c(C(=O)/C=C/c4cc(Cl)ccc4Cl)nccc3c2c1. The van der Waals surface area contributed by atoms with Crippen molar-refractivity contribution >= 4 is 56.9 Å². The predicted molar refractivity (Wildman–Crippen MR) is 110 cm³/mol. The number of ketones is 1. The predicted octanol–water partition coefficient (Wildman–Crippen LogP) is 5.93. The van der Waals surface area contributed by atoms with Crippen molar-refractivity contribution in [2.24, 2.45) is 0 Å². The van der Waals surface area contributed by atoms with E-state index in [1.165, 1.54) is 6.08 Å². The van der Waals surface area contributed by atoms with E-state index in [0.29, 0.717) is 26.8 Å². The lowest BCUT2D eigenvalue weighted by Crippen LogP contribution is -1.99. The molecule has 0 atom stereocenters. The summed E-state index contributed by atoms with van der Waals surface area (Å²) in [6.45, 7) is 0. The normalized spacial score (nSPS) is 11.5. The highest BCUT2D eigenvalue weighted by Gasteiger charge is 2.14. The Bertz CT molecular complexity index is 1210. The minimum absolute atomic E-state index is 0.227. The van der Waals surface area contributed by atoms with Gasteiger partial charge in [-0.25, -0.2) is 0 Å². The van der Waals surface area contributed by atoms with Crippen LogP contribution < -0.4 is 4.74 Å². The zero-order valence-electron chi connectivity index (χ0n) is 14.3. The fourth-order valence-electron chi connectivity index (χ4n) is 3.00. The first-order chi connectivity index (χ1) is 13.1. The zero-order chi connectivity index (χ0) is 19.0. The Labute approximate surface area is 165 Å². The van der Waals surface area contributed by atoms with Crippen LogP contribution in [0.4, 0.5) is 0 Å². The number of H-pyrrole nitrogens is 1. The number of aromatic nitrogens is 2. The number of ether oxygens (including phenoxy) is 1. The Hall–Kier alpha value is -2.82. The lowest BCUT2D eigenvalue weighted by atomic mass is 10.1. The van der Waals surface area contributed by atoms with E-state index in [-0.39, 0.29) is 5.78 Å². The van der Waals surface area contributed by atoms with Crippen LogP contribution >= 0.6 is 23.2 Å². The number of benzene rings is 2. The Morgan fingerprint density at radius 3 is 2.78 bits per heavy atom. The van der Waals surface area contributed by atoms with Crippen LogP contribution in [0, 0.1) is 0 Å². The van der Waals surface area contributed by atoms with Crippen LogP contribution in [-0.4, -0.2) is 22.9 Å². The average molecular weight is 397 g/mol. The quantitative estimate of drug-likeness (QED) is 0.343. The first kappa shape index (κ1) is 17.6. The average Bonchev–Trinajstić information content (AvgIpc) is 3.06. The monoisotopic (exact) mass is 396 g/mol. The van der Waals surface area contributed by atoms with Crippen LogP contribution in [-0.2, 0) is 0 Å². The van der Waals surface area contributed by atoms with Crippen molar-refractivity contribution in [1.29, 1.82) is 0 Å². The molecule has 4 aromatic rings. The molecule has 2 aromatic heterocycles. The summed E-state index contributed by atoms with van der Waals surface area (Å²) in [4.78, 5) is 20.3. The number of carbonyl (C=O) groups is 1. The molecule has 6 heteroatoms. The first-order valence-electron chi connectivity index (χ1n) is 8.19. The third-order valence-electron chi connectivity index (χ3n) is 4.33. The number of nitrogens with one attached hydrogen (secondary N) is 1. The van der Waals surface area contributed by atoms with Crippen LogP contribution in [0.5, 0.6) is 5.75 Å². The van der Waals surface area contributed by atoms with Gasteiger partial charge in [0, 0.05) is 32.5 Å². The lowest BCUT2D eigenvalue weighted by Gasteiger charge is -2.00. The van der Waals surface area contributed by atoms with E-state index in [2.05, 4.69) is 9.97 Å². The Balaban J connectivity index is 1.78. The molecular formula is C21H14Cl2N2O2. The van der Waals surface area contributed by atoms with Gasteiger partial charge >= 0.3 is 0 Å². The maximum atomic E-state index is 12.8. The molecule has 2 heterocycles. The molecule has 4 nitrogen and oxygen atoms in total. The van der Waals surface area contributed by atoms with Crippen molar-refractivity contribution in [1.82, 2.24) is 9.97 Å². The van der Waals surface area contributed by atoms with Gasteiger partial charge < -0.3 is 9.72 Å². The highest BCUT2D eigenvalue weighted by molar-refractivity contribution is 6.34. The number of halogens is 2. The molecule has 0 unspecified atom stereocenters. The van der Waals surface area contributed by atoms with E-state index >= 15 is 0 Å². The maximum absolute atomic E-state index is 12.8. The molecule has 27 heavy (non-hydrogen) atoms. The van der Waals surface area contributed by atoms with Gasteiger partial charge in [0.2, 0.25) is 5.78 Å². The van der Waals surface area contributed by atoms with Gasteiger partial charge in [-0.1, -0.05) is 23.2 Å². The molecular weight excluding hydrogens is 383 g/mol. The van der Waals surface area contributed by atoms with Crippen LogP contribution in [0.1, 0.15) is 16.1 Å². The minimum Gasteiger partial charge on any atom is -0.497 e. The number of pyridine rings is 1. The molecule has 1 N–H and O–H groups in total. The largest absolute Gasteiger partial charge is 0.497 e. The standard InChI is InChI=1S/C21H14Cl2N2O2/c1-27-14-4-6-18-16(11-14)15-8-9-24-21(20(15)25-18)19(26)7-2-12-10-13(22)3-5-17(12)23/h2-11,25H,1H3/b7-2+. The number of hydrogen-bond donors (Lipinski definition) is 1. The van der Waals surface area contributed by atoms with Gasteiger partial charge in [-0.2, -0.15) is 0 Å². The summed E-state index contributed by atoms with van der Waals surface area (Å²) in [6.07, 6.45) is 4.72. The van der Waals surface area contributed by atoms with Gasteiger partial charge in [-0.15, -0.1) is 0 Å². The topological polar surface area (TPSA) is 55.0 Å². The van der Waals surface area contributed by atoms with E-state index in [1.807, 2.05) is 24.3 Å².